The molecule has 1 aromatic rings. The van der Waals surface area contributed by atoms with Crippen LogP contribution >= 0.6 is 0 Å². The number of morpholine rings is 1. The Morgan fingerprint density at radius 3 is 3.00 bits per heavy atom. The third-order valence-electron chi connectivity index (χ3n) is 5.32. The molecule has 2 fully saturated rings. The zero-order valence-electron chi connectivity index (χ0n) is 13.0. The Hall–Kier alpha value is -1.62. The minimum Gasteiger partial charge on any atom is -0.370 e. The maximum atomic E-state index is 12.8. The van der Waals surface area contributed by atoms with Crippen LogP contribution in [0.25, 0.3) is 0 Å². The fraction of sp³-hybridized carbons (Fsp3) is 0.647. The number of nitrogens with zero attached hydrogens (tertiary/aromatic N) is 3. The van der Waals surface area contributed by atoms with Crippen LogP contribution in [-0.4, -0.2) is 40.3 Å². The lowest BCUT2D eigenvalue weighted by Crippen LogP contribution is -2.45. The minimum atomic E-state index is -0.0351. The summed E-state index contributed by atoms with van der Waals surface area (Å²) in [5.41, 5.74) is 1.08. The Labute approximate surface area is 130 Å². The van der Waals surface area contributed by atoms with Gasteiger partial charge in [-0.15, -0.1) is 0 Å². The predicted octanol–water partition coefficient (Wildman–Crippen LogP) is 2.02. The van der Waals surface area contributed by atoms with Gasteiger partial charge in [-0.3, -0.25) is 9.48 Å². The fourth-order valence-electron chi connectivity index (χ4n) is 4.07. The Morgan fingerprint density at radius 2 is 2.32 bits per heavy atom. The zero-order chi connectivity index (χ0) is 15.1. The van der Waals surface area contributed by atoms with E-state index in [1.807, 2.05) is 22.0 Å². The van der Waals surface area contributed by atoms with E-state index in [-0.39, 0.29) is 12.0 Å². The molecule has 5 heteroatoms. The quantitative estimate of drug-likeness (QED) is 0.803. The molecule has 1 saturated heterocycles. The van der Waals surface area contributed by atoms with Crippen LogP contribution in [0.4, 0.5) is 0 Å². The van der Waals surface area contributed by atoms with Gasteiger partial charge in [0.25, 0.3) is 0 Å². The first-order valence-electron chi connectivity index (χ1n) is 8.35. The Morgan fingerprint density at radius 1 is 1.41 bits per heavy atom. The van der Waals surface area contributed by atoms with Gasteiger partial charge in [-0.1, -0.05) is 12.2 Å². The van der Waals surface area contributed by atoms with Crippen LogP contribution in [0.2, 0.25) is 0 Å². The van der Waals surface area contributed by atoms with Gasteiger partial charge in [-0.05, 0) is 31.6 Å². The molecule has 2 heterocycles. The Balaban J connectivity index is 1.44. The zero-order valence-corrected chi connectivity index (χ0v) is 13.0. The van der Waals surface area contributed by atoms with Crippen LogP contribution in [0.3, 0.4) is 0 Å². The smallest absolute Gasteiger partial charge is 0.226 e. The molecule has 118 valence electrons. The first kappa shape index (κ1) is 14.0. The monoisotopic (exact) mass is 301 g/mol. The molecular formula is C17H23N3O2. The van der Waals surface area contributed by atoms with Crippen molar-refractivity contribution in [3.8, 4) is 0 Å². The van der Waals surface area contributed by atoms with E-state index < -0.39 is 0 Å². The van der Waals surface area contributed by atoms with Crippen molar-refractivity contribution in [2.45, 2.75) is 32.4 Å². The topological polar surface area (TPSA) is 47.4 Å². The van der Waals surface area contributed by atoms with Gasteiger partial charge in [0.15, 0.2) is 0 Å². The molecular weight excluding hydrogens is 278 g/mol. The first-order valence-corrected chi connectivity index (χ1v) is 8.35. The summed E-state index contributed by atoms with van der Waals surface area (Å²) in [6.45, 7) is 4.91. The third-order valence-corrected chi connectivity index (χ3v) is 5.32. The number of aryl methyl sites for hydroxylation is 1. The van der Waals surface area contributed by atoms with Crippen molar-refractivity contribution in [3.05, 3.63) is 30.1 Å². The van der Waals surface area contributed by atoms with Crippen molar-refractivity contribution in [2.75, 3.05) is 19.7 Å². The molecule has 0 radical (unpaired) electrons. The van der Waals surface area contributed by atoms with Gasteiger partial charge in [0.05, 0.1) is 19.3 Å². The van der Waals surface area contributed by atoms with Crippen molar-refractivity contribution >= 4 is 5.91 Å². The van der Waals surface area contributed by atoms with E-state index in [0.29, 0.717) is 30.9 Å². The van der Waals surface area contributed by atoms with Crippen LogP contribution in [0.5, 0.6) is 0 Å². The number of fused-ring (bicyclic) bond motifs is 2. The predicted molar refractivity (Wildman–Crippen MR) is 82.0 cm³/mol. The van der Waals surface area contributed by atoms with E-state index in [1.165, 1.54) is 6.42 Å². The molecule has 1 amide bonds. The second-order valence-electron chi connectivity index (χ2n) is 6.66. The highest BCUT2D eigenvalue weighted by molar-refractivity contribution is 5.80. The second kappa shape index (κ2) is 5.54. The van der Waals surface area contributed by atoms with Crippen LogP contribution in [0, 0.1) is 17.8 Å². The van der Waals surface area contributed by atoms with Crippen molar-refractivity contribution in [2.24, 2.45) is 17.8 Å². The number of amides is 1. The molecule has 4 unspecified atom stereocenters. The van der Waals surface area contributed by atoms with Crippen LogP contribution in [0.15, 0.2) is 24.5 Å². The number of rotatable bonds is 3. The summed E-state index contributed by atoms with van der Waals surface area (Å²) in [6.07, 6.45) is 10.6. The van der Waals surface area contributed by atoms with Gasteiger partial charge in [0.2, 0.25) is 5.91 Å². The number of hydrogen-bond acceptors (Lipinski definition) is 3. The van der Waals surface area contributed by atoms with Gasteiger partial charge < -0.3 is 9.64 Å². The van der Waals surface area contributed by atoms with E-state index in [9.17, 15) is 4.79 Å². The van der Waals surface area contributed by atoms with Crippen molar-refractivity contribution in [3.63, 3.8) is 0 Å². The van der Waals surface area contributed by atoms with Gasteiger partial charge >= 0.3 is 0 Å². The summed E-state index contributed by atoms with van der Waals surface area (Å²) in [4.78, 5) is 14.9. The molecule has 1 saturated carbocycles. The van der Waals surface area contributed by atoms with E-state index in [1.54, 1.807) is 0 Å². The lowest BCUT2D eigenvalue weighted by atomic mass is 9.92. The van der Waals surface area contributed by atoms with Crippen molar-refractivity contribution in [1.29, 1.82) is 0 Å². The number of carbonyl (C=O) groups is 1. The molecule has 1 aromatic heterocycles. The molecule has 5 nitrogen and oxygen atoms in total. The summed E-state index contributed by atoms with van der Waals surface area (Å²) >= 11 is 0. The third kappa shape index (κ3) is 2.37. The molecule has 1 aliphatic heterocycles. The minimum absolute atomic E-state index is 0.0351. The summed E-state index contributed by atoms with van der Waals surface area (Å²) in [5, 5.41) is 4.31. The maximum Gasteiger partial charge on any atom is 0.226 e. The number of carbonyl (C=O) groups excluding carboxylic acids is 1. The molecule has 4 rings (SSSR count). The molecule has 0 spiro atoms. The standard InChI is InChI=1S/C17H23N3O2/c1-2-20-10-14(9-18-20)16-11-19(5-6-22-16)17(21)15-8-12-3-4-13(15)7-12/h3-4,9-10,12-13,15-16H,2,5-8,11H2,1H3. The van der Waals surface area contributed by atoms with Crippen LogP contribution < -0.4 is 0 Å². The lowest BCUT2D eigenvalue weighted by molar-refractivity contribution is -0.144. The average molecular weight is 301 g/mol. The SMILES string of the molecule is CCn1cc(C2CN(C(=O)C3CC4C=CC3C4)CCO2)cn1. The van der Waals surface area contributed by atoms with E-state index >= 15 is 0 Å². The molecule has 4 atom stereocenters. The van der Waals surface area contributed by atoms with Crippen molar-refractivity contribution in [1.82, 2.24) is 14.7 Å². The van der Waals surface area contributed by atoms with E-state index in [0.717, 1.165) is 25.1 Å². The van der Waals surface area contributed by atoms with Gasteiger partial charge in [0.1, 0.15) is 6.10 Å². The number of ether oxygens (including phenoxy) is 1. The normalized spacial score (nSPS) is 33.6. The number of hydrogen-bond donors (Lipinski definition) is 0. The number of allylic oxidation sites excluding steroid dienone is 2. The van der Waals surface area contributed by atoms with Crippen molar-refractivity contribution < 1.29 is 9.53 Å². The molecule has 22 heavy (non-hydrogen) atoms. The fourth-order valence-corrected chi connectivity index (χ4v) is 4.07. The average Bonchev–Trinajstić information content (AvgIpc) is 3.30. The van der Waals surface area contributed by atoms with Gasteiger partial charge in [-0.25, -0.2) is 0 Å². The summed E-state index contributed by atoms with van der Waals surface area (Å²) in [7, 11) is 0. The Kier molecular flexibility index (Phi) is 3.53. The van der Waals surface area contributed by atoms with Gasteiger partial charge in [-0.2, -0.15) is 5.10 Å². The molecule has 2 aliphatic carbocycles. The van der Waals surface area contributed by atoms with E-state index in [2.05, 4.69) is 24.2 Å². The molecule has 2 bridgehead atoms. The van der Waals surface area contributed by atoms with Crippen LogP contribution in [0.1, 0.15) is 31.4 Å². The number of aromatic nitrogens is 2. The summed E-state index contributed by atoms with van der Waals surface area (Å²) < 4.78 is 7.77. The largest absolute Gasteiger partial charge is 0.370 e. The molecule has 0 aromatic carbocycles. The highest BCUT2D eigenvalue weighted by atomic mass is 16.5. The molecule has 3 aliphatic rings. The maximum absolute atomic E-state index is 12.8. The van der Waals surface area contributed by atoms with E-state index in [4.69, 9.17) is 4.74 Å². The summed E-state index contributed by atoms with van der Waals surface area (Å²) in [5.74, 6) is 1.64. The summed E-state index contributed by atoms with van der Waals surface area (Å²) in [6, 6.07) is 0. The lowest BCUT2D eigenvalue weighted by Gasteiger charge is -2.35. The second-order valence-corrected chi connectivity index (χ2v) is 6.66. The molecule has 0 N–H and O–H groups in total. The van der Waals surface area contributed by atoms with Gasteiger partial charge in [0, 0.05) is 30.8 Å². The Bertz CT molecular complexity index is 594. The highest BCUT2D eigenvalue weighted by Gasteiger charge is 2.42. The first-order chi connectivity index (χ1) is 10.7. The van der Waals surface area contributed by atoms with Crippen LogP contribution in [-0.2, 0) is 16.1 Å². The highest BCUT2D eigenvalue weighted by Crippen LogP contribution is 2.44.